The number of para-hydroxylation sites is 2. The van der Waals surface area contributed by atoms with Crippen molar-refractivity contribution in [3.8, 4) is 44.6 Å². The average molecular weight is 643 g/mol. The highest BCUT2D eigenvalue weighted by Crippen LogP contribution is 2.38. The third-order valence-electron chi connectivity index (χ3n) is 9.14. The molecule has 0 aliphatic heterocycles. The van der Waals surface area contributed by atoms with E-state index in [4.69, 9.17) is 19.8 Å². The molecule has 2 aromatic heterocycles. The Balaban J connectivity index is 1.15. The Hall–Kier alpha value is -6.85. The molecule has 9 rings (SSSR count). The Kier molecular flexibility index (Phi) is 7.21. The van der Waals surface area contributed by atoms with E-state index < -0.39 is 0 Å². The van der Waals surface area contributed by atoms with Crippen molar-refractivity contribution < 1.29 is 4.42 Å². The summed E-state index contributed by atoms with van der Waals surface area (Å²) in [5.74, 6) is 0.117. The predicted molar refractivity (Wildman–Crippen MR) is 204 cm³/mol. The minimum atomic E-state index is 0.117. The molecule has 5 heteroatoms. The minimum absolute atomic E-state index is 0.117. The SMILES string of the molecule is N=C(/N=c1/nc(-c2cccc3oc4ccccc4c23)c2ccccc2[nH]1)c1cccc(-c2cc(-c3ccccc3)cc(-c3ccccc3)c2)c1. The highest BCUT2D eigenvalue weighted by Gasteiger charge is 2.16. The topological polar surface area (TPSA) is 78.0 Å². The number of hydrogen-bond acceptors (Lipinski definition) is 3. The van der Waals surface area contributed by atoms with Gasteiger partial charge in [-0.3, -0.25) is 5.41 Å². The zero-order valence-corrected chi connectivity index (χ0v) is 27.0. The Morgan fingerprint density at radius 2 is 1.10 bits per heavy atom. The van der Waals surface area contributed by atoms with Gasteiger partial charge in [-0.15, -0.1) is 0 Å². The summed E-state index contributed by atoms with van der Waals surface area (Å²) in [6.45, 7) is 0. The van der Waals surface area contributed by atoms with E-state index in [1.807, 2.05) is 78.9 Å². The number of amidine groups is 1. The minimum Gasteiger partial charge on any atom is -0.456 e. The molecule has 0 aliphatic carbocycles. The highest BCUT2D eigenvalue weighted by atomic mass is 16.3. The largest absolute Gasteiger partial charge is 0.456 e. The molecule has 0 bridgehead atoms. The molecule has 0 radical (unpaired) electrons. The number of aromatic nitrogens is 2. The number of fused-ring (bicyclic) bond motifs is 4. The van der Waals surface area contributed by atoms with Crippen molar-refractivity contribution in [2.75, 3.05) is 0 Å². The lowest BCUT2D eigenvalue weighted by molar-refractivity contribution is 0.669. The van der Waals surface area contributed by atoms with E-state index in [1.54, 1.807) is 0 Å². The lowest BCUT2D eigenvalue weighted by Crippen LogP contribution is -2.17. The van der Waals surface area contributed by atoms with Crippen molar-refractivity contribution in [1.82, 2.24) is 9.97 Å². The normalized spacial score (nSPS) is 11.8. The zero-order valence-electron chi connectivity index (χ0n) is 27.0. The maximum absolute atomic E-state index is 9.14. The molecule has 2 heterocycles. The Bertz CT molecular complexity index is 2720. The molecular formula is C45H30N4O. The summed E-state index contributed by atoms with van der Waals surface area (Å²) in [6, 6.07) is 57.8. The van der Waals surface area contributed by atoms with Gasteiger partial charge in [0.05, 0.1) is 11.2 Å². The molecule has 2 N–H and O–H groups in total. The molecule has 9 aromatic rings. The van der Waals surface area contributed by atoms with Crippen LogP contribution in [0.4, 0.5) is 0 Å². The molecule has 0 saturated carbocycles. The Morgan fingerprint density at radius 1 is 0.520 bits per heavy atom. The lowest BCUT2D eigenvalue weighted by Gasteiger charge is -2.12. The number of nitrogens with one attached hydrogen (secondary N) is 2. The summed E-state index contributed by atoms with van der Waals surface area (Å²) in [7, 11) is 0. The van der Waals surface area contributed by atoms with Gasteiger partial charge in [0.15, 0.2) is 5.84 Å². The van der Waals surface area contributed by atoms with E-state index in [1.165, 1.54) is 0 Å². The van der Waals surface area contributed by atoms with Gasteiger partial charge in [-0.25, -0.2) is 4.98 Å². The number of H-pyrrole nitrogens is 1. The summed E-state index contributed by atoms with van der Waals surface area (Å²) < 4.78 is 6.20. The van der Waals surface area contributed by atoms with Crippen LogP contribution in [-0.2, 0) is 0 Å². The number of aromatic amines is 1. The van der Waals surface area contributed by atoms with Crippen molar-refractivity contribution in [2.24, 2.45) is 4.99 Å². The molecule has 236 valence electrons. The highest BCUT2D eigenvalue weighted by molar-refractivity contribution is 6.14. The van der Waals surface area contributed by atoms with Gasteiger partial charge in [0.2, 0.25) is 5.62 Å². The van der Waals surface area contributed by atoms with Crippen LogP contribution in [0, 0.1) is 5.41 Å². The molecule has 0 unspecified atom stereocenters. The molecule has 0 spiro atoms. The van der Waals surface area contributed by atoms with Crippen molar-refractivity contribution in [3.05, 3.63) is 181 Å². The van der Waals surface area contributed by atoms with Crippen LogP contribution < -0.4 is 5.62 Å². The van der Waals surface area contributed by atoms with Crippen LogP contribution in [0.2, 0.25) is 0 Å². The molecule has 5 nitrogen and oxygen atoms in total. The monoisotopic (exact) mass is 642 g/mol. The fourth-order valence-corrected chi connectivity index (χ4v) is 6.75. The van der Waals surface area contributed by atoms with E-state index >= 15 is 0 Å². The number of rotatable bonds is 5. The third kappa shape index (κ3) is 5.37. The first-order chi connectivity index (χ1) is 24.7. The van der Waals surface area contributed by atoms with E-state index in [0.717, 1.165) is 77.5 Å². The van der Waals surface area contributed by atoms with E-state index in [0.29, 0.717) is 11.2 Å². The Labute approximate surface area is 288 Å². The summed E-state index contributed by atoms with van der Waals surface area (Å²) >= 11 is 0. The summed E-state index contributed by atoms with van der Waals surface area (Å²) in [5.41, 5.74) is 12.0. The van der Waals surface area contributed by atoms with Crippen molar-refractivity contribution >= 4 is 38.7 Å². The van der Waals surface area contributed by atoms with Gasteiger partial charge in [-0.2, -0.15) is 4.99 Å². The lowest BCUT2D eigenvalue weighted by atomic mass is 9.93. The fraction of sp³-hybridized carbons (Fsp3) is 0. The van der Waals surface area contributed by atoms with Crippen LogP contribution in [-0.4, -0.2) is 15.8 Å². The molecule has 0 aliphatic rings. The van der Waals surface area contributed by atoms with Crippen molar-refractivity contribution in [3.63, 3.8) is 0 Å². The second-order valence-corrected chi connectivity index (χ2v) is 12.3. The summed E-state index contributed by atoms with van der Waals surface area (Å²) in [6.07, 6.45) is 0. The third-order valence-corrected chi connectivity index (χ3v) is 9.14. The van der Waals surface area contributed by atoms with E-state index in [2.05, 4.69) is 96.0 Å². The first kappa shape index (κ1) is 29.3. The maximum atomic E-state index is 9.14. The zero-order chi connectivity index (χ0) is 33.4. The molecular weight excluding hydrogens is 613 g/mol. The molecule has 50 heavy (non-hydrogen) atoms. The van der Waals surface area contributed by atoms with Crippen LogP contribution in [0.1, 0.15) is 5.56 Å². The number of nitrogens with zero attached hydrogens (tertiary/aromatic N) is 2. The second kappa shape index (κ2) is 12.3. The van der Waals surface area contributed by atoms with E-state index in [-0.39, 0.29) is 5.84 Å². The molecule has 0 fully saturated rings. The van der Waals surface area contributed by atoms with Gasteiger partial charge in [0.1, 0.15) is 11.2 Å². The van der Waals surface area contributed by atoms with Gasteiger partial charge in [-0.1, -0.05) is 127 Å². The first-order valence-corrected chi connectivity index (χ1v) is 16.6. The maximum Gasteiger partial charge on any atom is 0.229 e. The van der Waals surface area contributed by atoms with Gasteiger partial charge in [0.25, 0.3) is 0 Å². The van der Waals surface area contributed by atoms with Crippen LogP contribution in [0.5, 0.6) is 0 Å². The van der Waals surface area contributed by atoms with Crippen LogP contribution in [0.25, 0.3) is 77.5 Å². The van der Waals surface area contributed by atoms with Crippen LogP contribution in [0.3, 0.4) is 0 Å². The van der Waals surface area contributed by atoms with E-state index in [9.17, 15) is 0 Å². The predicted octanol–water partition coefficient (Wildman–Crippen LogP) is 11.1. The fourth-order valence-electron chi connectivity index (χ4n) is 6.75. The molecule has 0 saturated heterocycles. The second-order valence-electron chi connectivity index (χ2n) is 12.3. The summed E-state index contributed by atoms with van der Waals surface area (Å²) in [4.78, 5) is 13.2. The van der Waals surface area contributed by atoms with Crippen molar-refractivity contribution in [2.45, 2.75) is 0 Å². The number of benzene rings is 7. The van der Waals surface area contributed by atoms with Crippen LogP contribution in [0.15, 0.2) is 179 Å². The quantitative estimate of drug-likeness (QED) is 0.145. The smallest absolute Gasteiger partial charge is 0.229 e. The van der Waals surface area contributed by atoms with Gasteiger partial charge in [-0.05, 0) is 75.8 Å². The van der Waals surface area contributed by atoms with Crippen molar-refractivity contribution in [1.29, 1.82) is 5.41 Å². The van der Waals surface area contributed by atoms with Crippen LogP contribution >= 0.6 is 0 Å². The van der Waals surface area contributed by atoms with Gasteiger partial charge in [0, 0.05) is 27.3 Å². The number of hydrogen-bond donors (Lipinski definition) is 2. The standard InChI is InChI=1S/C45H30N4O/c46-44(32-18-11-17-31(25-32)35-27-33(29-13-3-1-4-14-29)26-34(28-35)30-15-5-2-6-16-30)49-45-47-39-22-9-7-19-36(39)43(48-45)38-21-12-24-41-42(38)37-20-8-10-23-40(37)50-41/h1-28H,(H2,46,47,48,49). The molecule has 7 aromatic carbocycles. The Morgan fingerprint density at radius 3 is 1.84 bits per heavy atom. The molecule has 0 amide bonds. The average Bonchev–Trinajstić information content (AvgIpc) is 3.57. The summed E-state index contributed by atoms with van der Waals surface area (Å²) in [5, 5.41) is 12.1. The molecule has 0 atom stereocenters. The van der Waals surface area contributed by atoms with Gasteiger partial charge < -0.3 is 9.40 Å². The number of furan rings is 1. The first-order valence-electron chi connectivity index (χ1n) is 16.6. The van der Waals surface area contributed by atoms with Gasteiger partial charge >= 0.3 is 0 Å².